The Labute approximate surface area is 114 Å². The van der Waals surface area contributed by atoms with Gasteiger partial charge in [0.15, 0.2) is 0 Å². The topological polar surface area (TPSA) is 47.6 Å². The lowest BCUT2D eigenvalue weighted by Crippen LogP contribution is -2.52. The standard InChI is InChI=1S/C14H22N4O/c1-3-15-13-7-5-4-6-12(13)14(19)16-18-10-8-17(2)9-11-18/h4-7,15H,3,8-11H2,1-2H3,(H,16,19). The Hall–Kier alpha value is -1.59. The van der Waals surface area contributed by atoms with Crippen molar-refractivity contribution in [2.75, 3.05) is 45.1 Å². The Balaban J connectivity index is 1.99. The molecule has 1 heterocycles. The van der Waals surface area contributed by atoms with Crippen molar-refractivity contribution in [3.63, 3.8) is 0 Å². The molecule has 1 aromatic rings. The van der Waals surface area contributed by atoms with E-state index in [0.717, 1.165) is 38.4 Å². The molecule has 0 aliphatic carbocycles. The summed E-state index contributed by atoms with van der Waals surface area (Å²) in [6, 6.07) is 7.61. The van der Waals surface area contributed by atoms with Gasteiger partial charge in [-0.3, -0.25) is 10.2 Å². The minimum Gasteiger partial charge on any atom is -0.385 e. The first-order valence-corrected chi connectivity index (χ1v) is 6.78. The number of nitrogens with zero attached hydrogens (tertiary/aromatic N) is 2. The maximum Gasteiger partial charge on any atom is 0.267 e. The van der Waals surface area contributed by atoms with Crippen molar-refractivity contribution in [1.29, 1.82) is 0 Å². The number of hydrazine groups is 1. The molecule has 2 rings (SSSR count). The third-order valence-corrected chi connectivity index (χ3v) is 3.30. The van der Waals surface area contributed by atoms with Crippen LogP contribution in [-0.2, 0) is 0 Å². The highest BCUT2D eigenvalue weighted by Crippen LogP contribution is 2.14. The number of nitrogens with one attached hydrogen (secondary N) is 2. The van der Waals surface area contributed by atoms with E-state index in [2.05, 4.69) is 22.7 Å². The molecule has 104 valence electrons. The van der Waals surface area contributed by atoms with Gasteiger partial charge in [-0.2, -0.15) is 0 Å². The van der Waals surface area contributed by atoms with Gasteiger partial charge < -0.3 is 10.2 Å². The summed E-state index contributed by atoms with van der Waals surface area (Å²) in [7, 11) is 2.10. The second-order valence-electron chi connectivity index (χ2n) is 4.81. The molecule has 0 bridgehead atoms. The number of benzene rings is 1. The number of anilines is 1. The summed E-state index contributed by atoms with van der Waals surface area (Å²) in [6.45, 7) is 6.52. The molecule has 19 heavy (non-hydrogen) atoms. The summed E-state index contributed by atoms with van der Waals surface area (Å²) >= 11 is 0. The lowest BCUT2D eigenvalue weighted by atomic mass is 10.1. The molecule has 0 spiro atoms. The number of carbonyl (C=O) groups excluding carboxylic acids is 1. The van der Waals surface area contributed by atoms with Crippen molar-refractivity contribution in [2.24, 2.45) is 0 Å². The molecule has 0 aromatic heterocycles. The number of carbonyl (C=O) groups is 1. The van der Waals surface area contributed by atoms with Crippen LogP contribution in [0.3, 0.4) is 0 Å². The van der Waals surface area contributed by atoms with Crippen molar-refractivity contribution >= 4 is 11.6 Å². The molecule has 1 saturated heterocycles. The summed E-state index contributed by atoms with van der Waals surface area (Å²) in [4.78, 5) is 14.5. The van der Waals surface area contributed by atoms with Gasteiger partial charge in [-0.05, 0) is 26.1 Å². The third kappa shape index (κ3) is 3.68. The maximum absolute atomic E-state index is 12.3. The predicted molar refractivity (Wildman–Crippen MR) is 77.1 cm³/mol. The number of hydrogen-bond donors (Lipinski definition) is 2. The van der Waals surface area contributed by atoms with E-state index in [4.69, 9.17) is 0 Å². The zero-order chi connectivity index (χ0) is 13.7. The third-order valence-electron chi connectivity index (χ3n) is 3.30. The molecule has 1 aliphatic rings. The minimum absolute atomic E-state index is 0.0406. The van der Waals surface area contributed by atoms with Crippen LogP contribution in [0.1, 0.15) is 17.3 Å². The van der Waals surface area contributed by atoms with E-state index in [1.54, 1.807) is 0 Å². The number of amides is 1. The summed E-state index contributed by atoms with van der Waals surface area (Å²) in [5, 5.41) is 5.20. The van der Waals surface area contributed by atoms with E-state index in [9.17, 15) is 4.79 Å². The highest BCUT2D eigenvalue weighted by molar-refractivity contribution is 5.99. The Bertz CT molecular complexity index is 427. The molecule has 5 heteroatoms. The number of hydrogen-bond acceptors (Lipinski definition) is 4. The van der Waals surface area contributed by atoms with Gasteiger partial charge in [0.05, 0.1) is 5.56 Å². The van der Waals surface area contributed by atoms with E-state index < -0.39 is 0 Å². The maximum atomic E-state index is 12.3. The van der Waals surface area contributed by atoms with Gasteiger partial charge >= 0.3 is 0 Å². The smallest absolute Gasteiger partial charge is 0.267 e. The van der Waals surface area contributed by atoms with Crippen LogP contribution < -0.4 is 10.7 Å². The van der Waals surface area contributed by atoms with Crippen molar-refractivity contribution in [3.8, 4) is 0 Å². The van der Waals surface area contributed by atoms with Crippen LogP contribution in [0.5, 0.6) is 0 Å². The average molecular weight is 262 g/mol. The Morgan fingerprint density at radius 2 is 1.89 bits per heavy atom. The van der Waals surface area contributed by atoms with Crippen LogP contribution in [0.4, 0.5) is 5.69 Å². The summed E-state index contributed by atoms with van der Waals surface area (Å²) in [6.07, 6.45) is 0. The van der Waals surface area contributed by atoms with Crippen LogP contribution in [0.15, 0.2) is 24.3 Å². The van der Waals surface area contributed by atoms with Crippen molar-refractivity contribution in [3.05, 3.63) is 29.8 Å². The van der Waals surface area contributed by atoms with Crippen molar-refractivity contribution < 1.29 is 4.79 Å². The van der Waals surface area contributed by atoms with Crippen LogP contribution in [0.25, 0.3) is 0 Å². The number of likely N-dealkylation sites (N-methyl/N-ethyl adjacent to an activating group) is 1. The normalized spacial score (nSPS) is 17.2. The molecular weight excluding hydrogens is 240 g/mol. The molecule has 0 radical (unpaired) electrons. The molecule has 0 atom stereocenters. The first-order chi connectivity index (χ1) is 9.20. The summed E-state index contributed by atoms with van der Waals surface area (Å²) in [5.74, 6) is -0.0406. The van der Waals surface area contributed by atoms with Gasteiger partial charge in [-0.25, -0.2) is 5.01 Å². The summed E-state index contributed by atoms with van der Waals surface area (Å²) in [5.41, 5.74) is 4.57. The molecule has 1 aliphatic heterocycles. The second kappa shape index (κ2) is 6.54. The average Bonchev–Trinajstić information content (AvgIpc) is 2.42. The first-order valence-electron chi connectivity index (χ1n) is 6.78. The number of para-hydroxylation sites is 1. The monoisotopic (exact) mass is 262 g/mol. The second-order valence-corrected chi connectivity index (χ2v) is 4.81. The zero-order valence-electron chi connectivity index (χ0n) is 11.6. The predicted octanol–water partition coefficient (Wildman–Crippen LogP) is 1.01. The van der Waals surface area contributed by atoms with E-state index in [0.29, 0.717) is 5.56 Å². The van der Waals surface area contributed by atoms with Crippen molar-refractivity contribution in [1.82, 2.24) is 15.3 Å². The Kier molecular flexibility index (Phi) is 4.76. The van der Waals surface area contributed by atoms with Gasteiger partial charge in [-0.1, -0.05) is 12.1 Å². The highest BCUT2D eigenvalue weighted by Gasteiger charge is 2.17. The molecule has 2 N–H and O–H groups in total. The summed E-state index contributed by atoms with van der Waals surface area (Å²) < 4.78 is 0. The van der Waals surface area contributed by atoms with E-state index in [1.807, 2.05) is 36.2 Å². The minimum atomic E-state index is -0.0406. The fraction of sp³-hybridized carbons (Fsp3) is 0.500. The fourth-order valence-electron chi connectivity index (χ4n) is 2.15. The van der Waals surface area contributed by atoms with Gasteiger partial charge in [0.1, 0.15) is 0 Å². The van der Waals surface area contributed by atoms with Gasteiger partial charge in [0.2, 0.25) is 0 Å². The molecule has 0 unspecified atom stereocenters. The van der Waals surface area contributed by atoms with Crippen LogP contribution in [0, 0.1) is 0 Å². The van der Waals surface area contributed by atoms with E-state index in [1.165, 1.54) is 0 Å². The quantitative estimate of drug-likeness (QED) is 0.850. The zero-order valence-corrected chi connectivity index (χ0v) is 11.6. The largest absolute Gasteiger partial charge is 0.385 e. The number of rotatable bonds is 4. The Morgan fingerprint density at radius 3 is 2.58 bits per heavy atom. The fourth-order valence-corrected chi connectivity index (χ4v) is 2.15. The van der Waals surface area contributed by atoms with Crippen molar-refractivity contribution in [2.45, 2.75) is 6.92 Å². The lowest BCUT2D eigenvalue weighted by Gasteiger charge is -2.32. The first kappa shape index (κ1) is 13.8. The number of piperazine rings is 1. The van der Waals surface area contributed by atoms with E-state index >= 15 is 0 Å². The van der Waals surface area contributed by atoms with Crippen LogP contribution in [-0.4, -0.2) is 55.6 Å². The van der Waals surface area contributed by atoms with Gasteiger partial charge in [0.25, 0.3) is 5.91 Å². The molecule has 0 saturated carbocycles. The lowest BCUT2D eigenvalue weighted by molar-refractivity contribution is 0.0663. The van der Waals surface area contributed by atoms with E-state index in [-0.39, 0.29) is 5.91 Å². The van der Waals surface area contributed by atoms with Gasteiger partial charge in [-0.15, -0.1) is 0 Å². The molecule has 1 aromatic carbocycles. The molecule has 5 nitrogen and oxygen atoms in total. The van der Waals surface area contributed by atoms with Gasteiger partial charge in [0, 0.05) is 38.4 Å². The van der Waals surface area contributed by atoms with Crippen LogP contribution >= 0.6 is 0 Å². The molecule has 1 fully saturated rings. The Morgan fingerprint density at radius 1 is 1.21 bits per heavy atom. The van der Waals surface area contributed by atoms with Crippen LogP contribution in [0.2, 0.25) is 0 Å². The highest BCUT2D eigenvalue weighted by atomic mass is 16.2. The molecular formula is C14H22N4O. The molecule has 1 amide bonds. The SMILES string of the molecule is CCNc1ccccc1C(=O)NN1CCN(C)CC1.